The summed E-state index contributed by atoms with van der Waals surface area (Å²) in [6.07, 6.45) is 0. The van der Waals surface area contributed by atoms with Gasteiger partial charge in [0.1, 0.15) is 23.1 Å². The second-order valence-electron chi connectivity index (χ2n) is 13.2. The Labute approximate surface area is 363 Å². The third kappa shape index (κ3) is 11.7. The number of anilines is 2. The van der Waals surface area contributed by atoms with Crippen LogP contribution < -0.4 is 18.9 Å². The molecular weight excluding hydrogens is 887 g/mol. The second-order valence-corrected chi connectivity index (χ2v) is 16.5. The van der Waals surface area contributed by atoms with Crippen LogP contribution in [0.1, 0.15) is 31.8 Å². The molecule has 0 aliphatic heterocycles. The number of esters is 2. The van der Waals surface area contributed by atoms with Gasteiger partial charge in [-0.2, -0.15) is 4.39 Å². The van der Waals surface area contributed by atoms with Gasteiger partial charge < -0.3 is 18.9 Å². The van der Waals surface area contributed by atoms with Gasteiger partial charge in [0.05, 0.1) is 56.4 Å². The molecule has 0 saturated heterocycles. The van der Waals surface area contributed by atoms with Crippen molar-refractivity contribution >= 4 is 54.7 Å². The summed E-state index contributed by atoms with van der Waals surface area (Å²) >= 11 is 0. The first-order chi connectivity index (χ1) is 30.2. The molecule has 0 bridgehead atoms. The van der Waals surface area contributed by atoms with Crippen molar-refractivity contribution in [3.63, 3.8) is 0 Å². The standard InChI is InChI=1S/2C21H17FN2O7S/c1-13-3-7-16(8-4-13)32(28,29)23-18-9-6-15(12-17(18)21(25)30-2)31-20-11-14(22)5-10-19(20)24(26)27;1-13-3-7-16(8-4-13)32(28,29)23-19-9-5-14(11-17(19)21(25)30-2)31-15-6-10-20(24(26)27)18(22)12-15/h2*3-12,23H,1-2H3. The van der Waals surface area contributed by atoms with Crippen LogP contribution in [-0.4, -0.2) is 52.8 Å². The first-order valence-electron chi connectivity index (χ1n) is 18.1. The van der Waals surface area contributed by atoms with Crippen molar-refractivity contribution in [2.24, 2.45) is 0 Å². The number of aryl methyl sites for hydroxylation is 2. The second kappa shape index (κ2) is 19.8. The van der Waals surface area contributed by atoms with Crippen LogP contribution >= 0.6 is 0 Å². The van der Waals surface area contributed by atoms with Gasteiger partial charge in [0, 0.05) is 24.3 Å². The van der Waals surface area contributed by atoms with Gasteiger partial charge in [0.25, 0.3) is 20.0 Å². The van der Waals surface area contributed by atoms with Gasteiger partial charge in [-0.05, 0) is 86.6 Å². The quantitative estimate of drug-likeness (QED) is 0.0588. The van der Waals surface area contributed by atoms with E-state index in [0.29, 0.717) is 0 Å². The maximum absolute atomic E-state index is 13.8. The van der Waals surface area contributed by atoms with Gasteiger partial charge in [-0.1, -0.05) is 35.4 Å². The number of benzene rings is 6. The molecule has 332 valence electrons. The average Bonchev–Trinajstić information content (AvgIpc) is 3.24. The van der Waals surface area contributed by atoms with E-state index in [4.69, 9.17) is 18.9 Å². The zero-order valence-electron chi connectivity index (χ0n) is 33.7. The van der Waals surface area contributed by atoms with E-state index in [9.17, 15) is 55.4 Å². The molecule has 0 saturated carbocycles. The fraction of sp³-hybridized carbons (Fsp3) is 0.0952. The smallest absolute Gasteiger partial charge is 0.340 e. The summed E-state index contributed by atoms with van der Waals surface area (Å²) in [6.45, 7) is 3.62. The third-order valence-electron chi connectivity index (χ3n) is 8.64. The van der Waals surface area contributed by atoms with Crippen molar-refractivity contribution in [1.82, 2.24) is 0 Å². The summed E-state index contributed by atoms with van der Waals surface area (Å²) in [5, 5.41) is 21.9. The zero-order chi connectivity index (χ0) is 46.9. The Morgan fingerprint density at radius 1 is 0.547 bits per heavy atom. The molecule has 22 heteroatoms. The Morgan fingerprint density at radius 3 is 1.38 bits per heavy atom. The Hall–Kier alpha value is -7.98. The molecule has 6 rings (SSSR count). The molecule has 0 amide bonds. The van der Waals surface area contributed by atoms with Gasteiger partial charge in [-0.3, -0.25) is 29.7 Å². The first kappa shape index (κ1) is 47.1. The van der Waals surface area contributed by atoms with E-state index in [1.165, 1.54) is 60.7 Å². The van der Waals surface area contributed by atoms with E-state index < -0.39 is 64.8 Å². The minimum absolute atomic E-state index is 0.000553. The highest BCUT2D eigenvalue weighted by Gasteiger charge is 2.24. The summed E-state index contributed by atoms with van der Waals surface area (Å²) in [7, 11) is -5.80. The summed E-state index contributed by atoms with van der Waals surface area (Å²) in [6, 6.07) is 25.3. The van der Waals surface area contributed by atoms with Gasteiger partial charge in [0.15, 0.2) is 0 Å². The minimum atomic E-state index is -4.03. The van der Waals surface area contributed by atoms with Gasteiger partial charge in [0.2, 0.25) is 11.6 Å². The number of hydrogen-bond acceptors (Lipinski definition) is 14. The summed E-state index contributed by atoms with van der Waals surface area (Å²) in [4.78, 5) is 44.7. The van der Waals surface area contributed by atoms with E-state index >= 15 is 0 Å². The van der Waals surface area contributed by atoms with E-state index in [0.717, 1.165) is 61.7 Å². The number of ether oxygens (including phenoxy) is 4. The predicted octanol–water partition coefficient (Wildman–Crippen LogP) is 8.84. The highest BCUT2D eigenvalue weighted by atomic mass is 32.2. The molecule has 0 aromatic heterocycles. The fourth-order valence-electron chi connectivity index (χ4n) is 5.43. The molecule has 6 aromatic carbocycles. The van der Waals surface area contributed by atoms with Crippen LogP contribution in [-0.2, 0) is 29.5 Å². The Kier molecular flexibility index (Phi) is 14.6. The van der Waals surface area contributed by atoms with Gasteiger partial charge in [-0.25, -0.2) is 30.8 Å². The molecule has 0 unspecified atom stereocenters. The molecule has 0 heterocycles. The number of nitrogens with zero attached hydrogens (tertiary/aromatic N) is 2. The molecule has 0 atom stereocenters. The van der Waals surface area contributed by atoms with Crippen LogP contribution in [0.15, 0.2) is 131 Å². The normalized spacial score (nSPS) is 11.0. The molecule has 6 aromatic rings. The Balaban J connectivity index is 0.000000241. The number of hydrogen-bond donors (Lipinski definition) is 2. The lowest BCUT2D eigenvalue weighted by atomic mass is 10.1. The number of nitro benzene ring substituents is 2. The lowest BCUT2D eigenvalue weighted by molar-refractivity contribution is -0.387. The fourth-order valence-corrected chi connectivity index (χ4v) is 7.59. The van der Waals surface area contributed by atoms with Crippen molar-refractivity contribution in [2.45, 2.75) is 23.6 Å². The van der Waals surface area contributed by atoms with Crippen LogP contribution in [0.2, 0.25) is 0 Å². The Bertz CT molecular complexity index is 2990. The third-order valence-corrected chi connectivity index (χ3v) is 11.4. The molecule has 0 aliphatic rings. The van der Waals surface area contributed by atoms with E-state index in [1.807, 2.05) is 6.92 Å². The monoisotopic (exact) mass is 920 g/mol. The van der Waals surface area contributed by atoms with Crippen molar-refractivity contribution in [2.75, 3.05) is 23.7 Å². The number of halogens is 2. The number of carbonyl (C=O) groups excluding carboxylic acids is 2. The lowest BCUT2D eigenvalue weighted by Crippen LogP contribution is -2.16. The minimum Gasteiger partial charge on any atom is -0.465 e. The first-order valence-corrected chi connectivity index (χ1v) is 21.0. The molecule has 64 heavy (non-hydrogen) atoms. The summed E-state index contributed by atoms with van der Waals surface area (Å²) in [5.74, 6) is -4.05. The van der Waals surface area contributed by atoms with Crippen molar-refractivity contribution in [3.8, 4) is 23.0 Å². The molecule has 18 nitrogen and oxygen atoms in total. The maximum Gasteiger partial charge on any atom is 0.340 e. The van der Waals surface area contributed by atoms with E-state index in [2.05, 4.69) is 9.44 Å². The van der Waals surface area contributed by atoms with E-state index in [-0.39, 0.29) is 55.3 Å². The number of nitro groups is 2. The van der Waals surface area contributed by atoms with Crippen molar-refractivity contribution < 1.29 is 64.0 Å². The van der Waals surface area contributed by atoms with Crippen LogP contribution in [0, 0.1) is 45.7 Å². The molecule has 0 fully saturated rings. The number of nitrogens with one attached hydrogen (secondary N) is 2. The largest absolute Gasteiger partial charge is 0.465 e. The van der Waals surface area contributed by atoms with E-state index in [1.54, 1.807) is 31.2 Å². The Morgan fingerprint density at radius 2 is 0.953 bits per heavy atom. The SMILES string of the molecule is COC(=O)c1cc(Oc2cc(F)ccc2[N+](=O)[O-])ccc1NS(=O)(=O)c1ccc(C)cc1.COC(=O)c1cc(Oc2ccc([N+](=O)[O-])c(F)c2)ccc1NS(=O)(=O)c1ccc(C)cc1. The van der Waals surface area contributed by atoms with Gasteiger partial charge in [-0.15, -0.1) is 0 Å². The van der Waals surface area contributed by atoms with Crippen LogP contribution in [0.5, 0.6) is 23.0 Å². The molecular formula is C42H34F2N4O14S2. The maximum atomic E-state index is 13.8. The highest BCUT2D eigenvalue weighted by molar-refractivity contribution is 7.93. The lowest BCUT2D eigenvalue weighted by Gasteiger charge is -2.14. The molecule has 0 spiro atoms. The molecule has 0 radical (unpaired) electrons. The number of rotatable bonds is 14. The van der Waals surface area contributed by atoms with Crippen LogP contribution in [0.4, 0.5) is 31.5 Å². The number of methoxy groups -OCH3 is 2. The van der Waals surface area contributed by atoms with Crippen molar-refractivity contribution in [3.05, 3.63) is 175 Å². The predicted molar refractivity (Wildman–Crippen MR) is 226 cm³/mol. The zero-order valence-corrected chi connectivity index (χ0v) is 35.4. The molecule has 0 aliphatic carbocycles. The molecule has 2 N–H and O–H groups in total. The summed E-state index contributed by atoms with van der Waals surface area (Å²) < 4.78 is 103. The summed E-state index contributed by atoms with van der Waals surface area (Å²) in [5.41, 5.74) is 0.0279. The topological polar surface area (TPSA) is 250 Å². The van der Waals surface area contributed by atoms with Crippen molar-refractivity contribution in [1.29, 1.82) is 0 Å². The number of sulfonamides is 2. The average molecular weight is 921 g/mol. The highest BCUT2D eigenvalue weighted by Crippen LogP contribution is 2.35. The van der Waals surface area contributed by atoms with Crippen LogP contribution in [0.3, 0.4) is 0 Å². The van der Waals surface area contributed by atoms with Gasteiger partial charge >= 0.3 is 23.3 Å². The van der Waals surface area contributed by atoms with Crippen LogP contribution in [0.25, 0.3) is 0 Å². The number of carbonyl (C=O) groups is 2.